The SMILES string of the molecule is COC(=O)[C@@H]1[C@@H](C)[C@@]1(O[Si](C)(C)C)c1ccccc1. The predicted molar refractivity (Wildman–Crippen MR) is 77.2 cm³/mol. The summed E-state index contributed by atoms with van der Waals surface area (Å²) in [5, 5.41) is 0. The monoisotopic (exact) mass is 278 g/mol. The molecule has 0 spiro atoms. The minimum absolute atomic E-state index is 0.161. The molecule has 104 valence electrons. The first-order valence-electron chi connectivity index (χ1n) is 6.66. The highest BCUT2D eigenvalue weighted by Crippen LogP contribution is 2.62. The van der Waals surface area contributed by atoms with Crippen LogP contribution in [0.1, 0.15) is 12.5 Å². The lowest BCUT2D eigenvalue weighted by molar-refractivity contribution is -0.144. The molecule has 2 rings (SSSR count). The number of benzene rings is 1. The highest BCUT2D eigenvalue weighted by Gasteiger charge is 2.69. The van der Waals surface area contributed by atoms with Crippen molar-refractivity contribution in [2.75, 3.05) is 7.11 Å². The van der Waals surface area contributed by atoms with Crippen LogP contribution in [-0.2, 0) is 19.6 Å². The molecule has 0 bridgehead atoms. The van der Waals surface area contributed by atoms with Crippen LogP contribution in [0, 0.1) is 11.8 Å². The summed E-state index contributed by atoms with van der Waals surface area (Å²) < 4.78 is 11.3. The van der Waals surface area contributed by atoms with Gasteiger partial charge in [0.1, 0.15) is 0 Å². The zero-order valence-electron chi connectivity index (χ0n) is 12.3. The quantitative estimate of drug-likeness (QED) is 0.627. The van der Waals surface area contributed by atoms with E-state index < -0.39 is 13.9 Å². The van der Waals surface area contributed by atoms with Gasteiger partial charge in [0.25, 0.3) is 0 Å². The lowest BCUT2D eigenvalue weighted by atomic mass is 10.0. The van der Waals surface area contributed by atoms with Gasteiger partial charge in [-0.05, 0) is 25.2 Å². The van der Waals surface area contributed by atoms with E-state index in [1.54, 1.807) is 0 Å². The molecule has 1 aromatic rings. The van der Waals surface area contributed by atoms with Crippen LogP contribution in [0.25, 0.3) is 0 Å². The largest absolute Gasteiger partial charge is 0.469 e. The van der Waals surface area contributed by atoms with Gasteiger partial charge in [0, 0.05) is 5.92 Å². The minimum atomic E-state index is -1.76. The van der Waals surface area contributed by atoms with E-state index in [1.807, 2.05) is 30.3 Å². The molecule has 19 heavy (non-hydrogen) atoms. The highest BCUT2D eigenvalue weighted by molar-refractivity contribution is 6.69. The summed E-state index contributed by atoms with van der Waals surface area (Å²) in [5.41, 5.74) is 0.596. The Bertz CT molecular complexity index is 466. The van der Waals surface area contributed by atoms with E-state index in [1.165, 1.54) is 7.11 Å². The van der Waals surface area contributed by atoms with Crippen molar-refractivity contribution in [2.24, 2.45) is 11.8 Å². The molecule has 0 aliphatic heterocycles. The molecule has 0 unspecified atom stereocenters. The molecule has 0 heterocycles. The van der Waals surface area contributed by atoms with Gasteiger partial charge in [-0.2, -0.15) is 0 Å². The summed E-state index contributed by atoms with van der Waals surface area (Å²) in [6, 6.07) is 10.0. The van der Waals surface area contributed by atoms with Crippen molar-refractivity contribution in [2.45, 2.75) is 32.2 Å². The lowest BCUT2D eigenvalue weighted by Crippen LogP contribution is -2.35. The highest BCUT2D eigenvalue weighted by atomic mass is 28.4. The van der Waals surface area contributed by atoms with Crippen LogP contribution < -0.4 is 0 Å². The molecule has 1 aliphatic carbocycles. The van der Waals surface area contributed by atoms with Crippen molar-refractivity contribution in [1.29, 1.82) is 0 Å². The molecule has 0 aromatic heterocycles. The third kappa shape index (κ3) is 2.47. The maximum Gasteiger partial charge on any atom is 0.312 e. The van der Waals surface area contributed by atoms with E-state index in [-0.39, 0.29) is 17.8 Å². The van der Waals surface area contributed by atoms with Gasteiger partial charge in [0.15, 0.2) is 8.32 Å². The first-order valence-corrected chi connectivity index (χ1v) is 10.1. The molecule has 1 aliphatic rings. The molecule has 1 aromatic carbocycles. The van der Waals surface area contributed by atoms with Crippen molar-refractivity contribution in [3.8, 4) is 0 Å². The summed E-state index contributed by atoms with van der Waals surface area (Å²) in [7, 11) is -0.321. The Morgan fingerprint density at radius 3 is 2.26 bits per heavy atom. The molecule has 4 heteroatoms. The topological polar surface area (TPSA) is 35.5 Å². The maximum absolute atomic E-state index is 12.0. The molecule has 0 saturated heterocycles. The van der Waals surface area contributed by atoms with Crippen molar-refractivity contribution in [1.82, 2.24) is 0 Å². The van der Waals surface area contributed by atoms with Crippen LogP contribution in [0.4, 0.5) is 0 Å². The van der Waals surface area contributed by atoms with E-state index in [4.69, 9.17) is 9.16 Å². The van der Waals surface area contributed by atoms with Gasteiger partial charge in [-0.3, -0.25) is 4.79 Å². The molecular formula is C15H22O3Si. The standard InChI is InChI=1S/C15H22O3Si/c1-11-13(14(16)17-2)15(11,18-19(3,4)5)12-9-7-6-8-10-12/h6-11,13H,1-5H3/t11-,13+,15-/m1/s1. The van der Waals surface area contributed by atoms with Crippen molar-refractivity contribution in [3.05, 3.63) is 35.9 Å². The Kier molecular flexibility index (Phi) is 3.58. The Hall–Kier alpha value is -1.13. The molecule has 0 N–H and O–H groups in total. The fraction of sp³-hybridized carbons (Fsp3) is 0.533. The van der Waals surface area contributed by atoms with Crippen LogP contribution >= 0.6 is 0 Å². The fourth-order valence-corrected chi connectivity index (χ4v) is 4.34. The van der Waals surface area contributed by atoms with E-state index in [2.05, 4.69) is 26.6 Å². The molecule has 3 nitrogen and oxygen atoms in total. The number of methoxy groups -OCH3 is 1. The van der Waals surface area contributed by atoms with Crippen molar-refractivity contribution < 1.29 is 14.0 Å². The van der Waals surface area contributed by atoms with Gasteiger partial charge in [0.2, 0.25) is 0 Å². The van der Waals surface area contributed by atoms with E-state index in [0.29, 0.717) is 0 Å². The van der Waals surface area contributed by atoms with Crippen LogP contribution in [0.15, 0.2) is 30.3 Å². The Morgan fingerprint density at radius 2 is 1.79 bits per heavy atom. The smallest absolute Gasteiger partial charge is 0.312 e. The maximum atomic E-state index is 12.0. The Balaban J connectivity index is 2.40. The second-order valence-corrected chi connectivity index (χ2v) is 10.6. The van der Waals surface area contributed by atoms with Gasteiger partial charge < -0.3 is 9.16 Å². The summed E-state index contributed by atoms with van der Waals surface area (Å²) in [6.07, 6.45) is 0. The third-order valence-corrected chi connectivity index (χ3v) is 4.63. The zero-order valence-corrected chi connectivity index (χ0v) is 13.3. The number of hydrogen-bond donors (Lipinski definition) is 0. The minimum Gasteiger partial charge on any atom is -0.469 e. The van der Waals surface area contributed by atoms with Gasteiger partial charge in [-0.1, -0.05) is 37.3 Å². The van der Waals surface area contributed by atoms with Crippen molar-refractivity contribution >= 4 is 14.3 Å². The van der Waals surface area contributed by atoms with E-state index in [9.17, 15) is 4.79 Å². The second-order valence-electron chi connectivity index (χ2n) is 6.16. The molecule has 0 radical (unpaired) electrons. The average molecular weight is 278 g/mol. The van der Waals surface area contributed by atoms with E-state index >= 15 is 0 Å². The average Bonchev–Trinajstić information content (AvgIpc) is 2.93. The lowest BCUT2D eigenvalue weighted by Gasteiger charge is -2.28. The summed E-state index contributed by atoms with van der Waals surface area (Å²) >= 11 is 0. The van der Waals surface area contributed by atoms with Gasteiger partial charge in [0.05, 0.1) is 18.6 Å². The molecular weight excluding hydrogens is 256 g/mol. The van der Waals surface area contributed by atoms with Crippen LogP contribution in [0.2, 0.25) is 19.6 Å². The third-order valence-electron chi connectivity index (χ3n) is 3.68. The van der Waals surface area contributed by atoms with Gasteiger partial charge >= 0.3 is 5.97 Å². The summed E-state index contributed by atoms with van der Waals surface area (Å²) in [5.74, 6) is -0.199. The molecule has 3 atom stereocenters. The Morgan fingerprint density at radius 1 is 1.21 bits per heavy atom. The number of carbonyl (C=O) groups is 1. The Labute approximate surface area is 116 Å². The number of hydrogen-bond acceptors (Lipinski definition) is 3. The second kappa shape index (κ2) is 4.76. The van der Waals surface area contributed by atoms with Crippen LogP contribution in [0.5, 0.6) is 0 Å². The van der Waals surface area contributed by atoms with Crippen LogP contribution in [0.3, 0.4) is 0 Å². The predicted octanol–water partition coefficient (Wildman–Crippen LogP) is 3.17. The normalized spacial score (nSPS) is 29.9. The number of esters is 1. The molecule has 1 saturated carbocycles. The van der Waals surface area contributed by atoms with E-state index in [0.717, 1.165) is 5.56 Å². The summed E-state index contributed by atoms with van der Waals surface area (Å²) in [6.45, 7) is 8.51. The number of carbonyl (C=O) groups excluding carboxylic acids is 1. The van der Waals surface area contributed by atoms with Crippen LogP contribution in [-0.4, -0.2) is 21.4 Å². The molecule has 0 amide bonds. The van der Waals surface area contributed by atoms with Crippen molar-refractivity contribution in [3.63, 3.8) is 0 Å². The fourth-order valence-electron chi connectivity index (χ4n) is 2.90. The first-order chi connectivity index (χ1) is 8.83. The molecule has 1 fully saturated rings. The van der Waals surface area contributed by atoms with Gasteiger partial charge in [-0.15, -0.1) is 0 Å². The van der Waals surface area contributed by atoms with Gasteiger partial charge in [-0.25, -0.2) is 0 Å². The first kappa shape index (κ1) is 14.3. The number of ether oxygens (including phenoxy) is 1. The zero-order chi connectivity index (χ0) is 14.3. The summed E-state index contributed by atoms with van der Waals surface area (Å²) in [4.78, 5) is 12.0. The number of rotatable bonds is 4.